The van der Waals surface area contributed by atoms with Gasteiger partial charge in [0.1, 0.15) is 6.07 Å². The number of carbonyl (C=O) groups is 3. The zero-order valence-electron chi connectivity index (χ0n) is 23.4. The Balaban J connectivity index is 1.62. The van der Waals surface area contributed by atoms with E-state index < -0.39 is 16.8 Å². The first kappa shape index (κ1) is 26.4. The smallest absolute Gasteiger partial charge is 0.303 e. The third-order valence-corrected chi connectivity index (χ3v) is 12.1. The molecule has 7 atom stereocenters. The second-order valence-electron chi connectivity index (χ2n) is 14.9. The second kappa shape index (κ2) is 8.14. The minimum atomic E-state index is -0.745. The van der Waals surface area contributed by atoms with E-state index in [1.165, 1.54) is 0 Å². The summed E-state index contributed by atoms with van der Waals surface area (Å²) in [7, 11) is 0. The van der Waals surface area contributed by atoms with Gasteiger partial charge in [0.2, 0.25) is 0 Å². The number of carboxylic acids is 1. The quantitative estimate of drug-likeness (QED) is 0.461. The molecule has 7 unspecified atom stereocenters. The van der Waals surface area contributed by atoms with Crippen LogP contribution in [0.3, 0.4) is 0 Å². The molecule has 37 heavy (non-hydrogen) atoms. The Bertz CT molecular complexity index is 1170. The third kappa shape index (κ3) is 3.64. The largest absolute Gasteiger partial charge is 0.481 e. The van der Waals surface area contributed by atoms with Gasteiger partial charge in [-0.2, -0.15) is 5.26 Å². The molecule has 0 aromatic heterocycles. The Morgan fingerprint density at radius 2 is 1.73 bits per heavy atom. The van der Waals surface area contributed by atoms with Gasteiger partial charge in [0.05, 0.1) is 5.57 Å². The fourth-order valence-electron chi connectivity index (χ4n) is 10.2. The number of nitriles is 1. The van der Waals surface area contributed by atoms with Crippen LogP contribution in [0, 0.1) is 62.1 Å². The van der Waals surface area contributed by atoms with Gasteiger partial charge >= 0.3 is 5.97 Å². The molecule has 0 heterocycles. The highest BCUT2D eigenvalue weighted by Gasteiger charge is 2.65. The predicted molar refractivity (Wildman–Crippen MR) is 141 cm³/mol. The van der Waals surface area contributed by atoms with Crippen LogP contribution < -0.4 is 0 Å². The van der Waals surface area contributed by atoms with E-state index in [-0.39, 0.29) is 63.5 Å². The summed E-state index contributed by atoms with van der Waals surface area (Å²) < 4.78 is 0. The summed E-state index contributed by atoms with van der Waals surface area (Å²) in [6, 6.07) is 2.17. The SMILES string of the molecule is CC1(C)CCC2(CCC(=O)O)CCC3C(C(=O)C=C4C5(C)C=C(C#N)C(=O)C(C)(C)C5CCC43C)C2C1. The molecule has 1 N–H and O–H groups in total. The topological polar surface area (TPSA) is 95.2 Å². The number of hydrogen-bond acceptors (Lipinski definition) is 4. The number of allylic oxidation sites excluding steroid dienone is 4. The molecule has 200 valence electrons. The lowest BCUT2D eigenvalue weighted by Gasteiger charge is -2.65. The van der Waals surface area contributed by atoms with Crippen molar-refractivity contribution in [2.75, 3.05) is 0 Å². The Labute approximate surface area is 221 Å². The first-order valence-electron chi connectivity index (χ1n) is 14.3. The summed E-state index contributed by atoms with van der Waals surface area (Å²) in [6.45, 7) is 13.0. The molecule has 0 spiro atoms. The van der Waals surface area contributed by atoms with Gasteiger partial charge in [-0.05, 0) is 91.4 Å². The fraction of sp³-hybridized carbons (Fsp3) is 0.750. The summed E-state index contributed by atoms with van der Waals surface area (Å²) in [6.07, 6.45) is 11.5. The molecular formula is C32H43NO4. The highest BCUT2D eigenvalue weighted by molar-refractivity contribution is 6.04. The number of rotatable bonds is 3. The maximum Gasteiger partial charge on any atom is 0.303 e. The molecule has 0 radical (unpaired) electrons. The summed E-state index contributed by atoms with van der Waals surface area (Å²) in [5.41, 5.74) is 0.116. The van der Waals surface area contributed by atoms with Crippen LogP contribution in [0.2, 0.25) is 0 Å². The average Bonchev–Trinajstić information content (AvgIpc) is 2.81. The van der Waals surface area contributed by atoms with E-state index >= 15 is 0 Å². The van der Waals surface area contributed by atoms with E-state index in [1.807, 2.05) is 26.0 Å². The number of hydrogen-bond donors (Lipinski definition) is 1. The number of carbonyl (C=O) groups excluding carboxylic acids is 2. The van der Waals surface area contributed by atoms with Crippen molar-refractivity contribution < 1.29 is 19.5 Å². The number of aliphatic carboxylic acids is 1. The molecule has 5 rings (SSSR count). The van der Waals surface area contributed by atoms with Crippen LogP contribution in [0.1, 0.15) is 99.3 Å². The minimum absolute atomic E-state index is 0.0557. The van der Waals surface area contributed by atoms with Crippen molar-refractivity contribution in [3.63, 3.8) is 0 Å². The van der Waals surface area contributed by atoms with Gasteiger partial charge in [0.15, 0.2) is 11.6 Å². The van der Waals surface area contributed by atoms with Crippen LogP contribution in [-0.2, 0) is 14.4 Å². The molecule has 5 aliphatic rings. The van der Waals surface area contributed by atoms with Crippen LogP contribution in [0.15, 0.2) is 23.3 Å². The number of nitrogens with zero attached hydrogens (tertiary/aromatic N) is 1. The summed E-state index contributed by atoms with van der Waals surface area (Å²) in [5.74, 6) is -0.222. The molecule has 5 nitrogen and oxygen atoms in total. The molecule has 5 aliphatic carbocycles. The van der Waals surface area contributed by atoms with Crippen LogP contribution in [0.5, 0.6) is 0 Å². The van der Waals surface area contributed by atoms with Gasteiger partial charge in [-0.25, -0.2) is 0 Å². The van der Waals surface area contributed by atoms with Crippen molar-refractivity contribution in [2.45, 2.75) is 99.3 Å². The number of carboxylic acid groups (broad SMARTS) is 1. The Morgan fingerprint density at radius 3 is 2.38 bits per heavy atom. The molecule has 0 bridgehead atoms. The average molecular weight is 506 g/mol. The van der Waals surface area contributed by atoms with Crippen molar-refractivity contribution in [3.05, 3.63) is 23.3 Å². The van der Waals surface area contributed by atoms with Gasteiger partial charge in [-0.1, -0.05) is 53.2 Å². The summed E-state index contributed by atoms with van der Waals surface area (Å²) >= 11 is 0. The van der Waals surface area contributed by atoms with E-state index in [0.717, 1.165) is 50.5 Å². The van der Waals surface area contributed by atoms with Crippen molar-refractivity contribution in [3.8, 4) is 6.07 Å². The van der Waals surface area contributed by atoms with Gasteiger partial charge in [0.25, 0.3) is 0 Å². The zero-order chi connectivity index (χ0) is 27.2. The molecule has 3 fully saturated rings. The van der Waals surface area contributed by atoms with E-state index in [4.69, 9.17) is 0 Å². The summed E-state index contributed by atoms with van der Waals surface area (Å²) in [5, 5.41) is 19.4. The number of Topliss-reactive ketones (excluding diaryl/α,β-unsaturated/α-hetero) is 1. The third-order valence-electron chi connectivity index (χ3n) is 12.1. The van der Waals surface area contributed by atoms with Gasteiger partial charge < -0.3 is 5.11 Å². The van der Waals surface area contributed by atoms with Crippen LogP contribution in [0.25, 0.3) is 0 Å². The molecule has 0 saturated heterocycles. The lowest BCUT2D eigenvalue weighted by Crippen LogP contribution is -2.60. The van der Waals surface area contributed by atoms with Crippen molar-refractivity contribution >= 4 is 17.5 Å². The van der Waals surface area contributed by atoms with Gasteiger partial charge in [0, 0.05) is 23.2 Å². The minimum Gasteiger partial charge on any atom is -0.481 e. The first-order chi connectivity index (χ1) is 17.1. The molecule has 3 saturated carbocycles. The number of ketones is 2. The standard InChI is InChI=1S/C32H43NO4/c1-28(2)13-14-32(12-9-25(35)36)11-7-20-26(21(32)17-28)22(34)15-24-30(20,5)10-8-23-29(3,4)27(37)19(18-33)16-31(23,24)6/h15-16,20-21,23,26H,7-14,17H2,1-6H3,(H,35,36). The van der Waals surface area contributed by atoms with E-state index in [1.54, 1.807) is 0 Å². The summed E-state index contributed by atoms with van der Waals surface area (Å²) in [4.78, 5) is 39.0. The Hall–Kier alpha value is -2.22. The normalized spacial score (nSPS) is 43.7. The van der Waals surface area contributed by atoms with Gasteiger partial charge in [-0.3, -0.25) is 14.4 Å². The van der Waals surface area contributed by atoms with Crippen molar-refractivity contribution in [1.82, 2.24) is 0 Å². The molecule has 0 aromatic rings. The van der Waals surface area contributed by atoms with E-state index in [2.05, 4.69) is 33.8 Å². The molecule has 5 heteroatoms. The van der Waals surface area contributed by atoms with Crippen LogP contribution in [0.4, 0.5) is 0 Å². The van der Waals surface area contributed by atoms with Gasteiger partial charge in [-0.15, -0.1) is 0 Å². The molecule has 0 aliphatic heterocycles. The highest BCUT2D eigenvalue weighted by atomic mass is 16.4. The van der Waals surface area contributed by atoms with Crippen LogP contribution >= 0.6 is 0 Å². The Morgan fingerprint density at radius 1 is 1.03 bits per heavy atom. The van der Waals surface area contributed by atoms with Crippen LogP contribution in [-0.4, -0.2) is 22.6 Å². The highest BCUT2D eigenvalue weighted by Crippen LogP contribution is 2.71. The van der Waals surface area contributed by atoms with E-state index in [0.29, 0.717) is 6.42 Å². The maximum absolute atomic E-state index is 14.2. The first-order valence-corrected chi connectivity index (χ1v) is 14.3. The lowest BCUT2D eigenvalue weighted by atomic mass is 9.38. The zero-order valence-corrected chi connectivity index (χ0v) is 23.4. The van der Waals surface area contributed by atoms with E-state index in [9.17, 15) is 24.8 Å². The Kier molecular flexibility index (Phi) is 5.81. The lowest BCUT2D eigenvalue weighted by molar-refractivity contribution is -0.151. The maximum atomic E-state index is 14.2. The molecule has 0 amide bonds. The monoisotopic (exact) mass is 505 g/mol. The van der Waals surface area contributed by atoms with Crippen molar-refractivity contribution in [2.24, 2.45) is 50.7 Å². The predicted octanol–water partition coefficient (Wildman–Crippen LogP) is 6.68. The fourth-order valence-corrected chi connectivity index (χ4v) is 10.2. The number of fused-ring (bicyclic) bond motifs is 7. The van der Waals surface area contributed by atoms with Crippen molar-refractivity contribution in [1.29, 1.82) is 5.26 Å². The molecule has 0 aromatic carbocycles. The molecular weight excluding hydrogens is 462 g/mol. The second-order valence-corrected chi connectivity index (χ2v) is 14.9.